The second kappa shape index (κ2) is 8.16. The molecule has 0 fully saturated rings. The van der Waals surface area contributed by atoms with Crippen molar-refractivity contribution in [3.05, 3.63) is 52.8 Å². The lowest BCUT2D eigenvalue weighted by atomic mass is 10.1. The second-order valence-corrected chi connectivity index (χ2v) is 6.27. The summed E-state index contributed by atoms with van der Waals surface area (Å²) in [6, 6.07) is 8.85. The Hall–Kier alpha value is -2.34. The van der Waals surface area contributed by atoms with E-state index in [0.29, 0.717) is 34.4 Å². The van der Waals surface area contributed by atoms with Gasteiger partial charge in [-0.3, -0.25) is 0 Å². The number of benzene rings is 2. The molecule has 0 aliphatic carbocycles. The van der Waals surface area contributed by atoms with Gasteiger partial charge in [0, 0.05) is 19.3 Å². The Morgan fingerprint density at radius 3 is 2.32 bits per heavy atom. The molecule has 134 valence electrons. The molecule has 2 aromatic rings. The zero-order valence-corrected chi connectivity index (χ0v) is 16.0. The van der Waals surface area contributed by atoms with E-state index in [4.69, 9.17) is 21.7 Å². The van der Waals surface area contributed by atoms with Crippen molar-refractivity contribution in [1.82, 2.24) is 4.90 Å². The molecule has 1 N–H and O–H groups in total. The summed E-state index contributed by atoms with van der Waals surface area (Å²) in [5, 5.41) is 3.57. The maximum atomic E-state index is 13.7. The summed E-state index contributed by atoms with van der Waals surface area (Å²) in [6.45, 7) is 4.33. The van der Waals surface area contributed by atoms with E-state index in [9.17, 15) is 4.39 Å². The maximum Gasteiger partial charge on any atom is 0.173 e. The van der Waals surface area contributed by atoms with E-state index in [1.165, 1.54) is 6.07 Å². The van der Waals surface area contributed by atoms with Crippen LogP contribution in [0.15, 0.2) is 30.3 Å². The molecule has 0 unspecified atom stereocenters. The highest BCUT2D eigenvalue weighted by Gasteiger charge is 2.12. The van der Waals surface area contributed by atoms with Crippen molar-refractivity contribution in [3.63, 3.8) is 0 Å². The standard InChI is InChI=1S/C19H23FN2O2S/c1-12-6-7-15(10-16(12)20)21-19(25)22(3)11-14-9-18(24-5)17(23-4)8-13(14)2/h6-10H,11H2,1-5H3,(H,21,25). The predicted molar refractivity (Wildman–Crippen MR) is 103 cm³/mol. The number of halogens is 1. The average Bonchev–Trinajstić information content (AvgIpc) is 2.59. The van der Waals surface area contributed by atoms with Gasteiger partial charge in [0.1, 0.15) is 5.82 Å². The van der Waals surface area contributed by atoms with Crippen LogP contribution in [-0.2, 0) is 6.54 Å². The number of rotatable bonds is 5. The number of nitrogens with zero attached hydrogens (tertiary/aromatic N) is 1. The van der Waals surface area contributed by atoms with Crippen LogP contribution in [0.4, 0.5) is 10.1 Å². The van der Waals surface area contributed by atoms with E-state index >= 15 is 0 Å². The van der Waals surface area contributed by atoms with Gasteiger partial charge in [-0.25, -0.2) is 4.39 Å². The van der Waals surface area contributed by atoms with Crippen molar-refractivity contribution < 1.29 is 13.9 Å². The minimum absolute atomic E-state index is 0.258. The molecular weight excluding hydrogens is 339 g/mol. The second-order valence-electron chi connectivity index (χ2n) is 5.88. The molecule has 0 radical (unpaired) electrons. The van der Waals surface area contributed by atoms with E-state index < -0.39 is 0 Å². The monoisotopic (exact) mass is 362 g/mol. The van der Waals surface area contributed by atoms with Crippen molar-refractivity contribution >= 4 is 23.0 Å². The molecular formula is C19H23FN2O2S. The summed E-state index contributed by atoms with van der Waals surface area (Å²) in [7, 11) is 5.11. The smallest absolute Gasteiger partial charge is 0.173 e. The van der Waals surface area contributed by atoms with Crippen LogP contribution < -0.4 is 14.8 Å². The molecule has 0 amide bonds. The zero-order chi connectivity index (χ0) is 18.6. The van der Waals surface area contributed by atoms with Gasteiger partial charge in [-0.15, -0.1) is 0 Å². The average molecular weight is 362 g/mol. The largest absolute Gasteiger partial charge is 0.493 e. The molecule has 0 heterocycles. The fourth-order valence-electron chi connectivity index (χ4n) is 2.41. The molecule has 0 bridgehead atoms. The fraction of sp³-hybridized carbons (Fsp3) is 0.316. The maximum absolute atomic E-state index is 13.7. The topological polar surface area (TPSA) is 33.7 Å². The number of thiocarbonyl (C=S) groups is 1. The van der Waals surface area contributed by atoms with Gasteiger partial charge in [-0.2, -0.15) is 0 Å². The molecule has 0 saturated heterocycles. The summed E-state index contributed by atoms with van der Waals surface area (Å²) in [5.74, 6) is 1.12. The molecule has 0 aliphatic rings. The Kier molecular flexibility index (Phi) is 6.20. The number of aryl methyl sites for hydroxylation is 2. The first kappa shape index (κ1) is 19.0. The van der Waals surface area contributed by atoms with E-state index in [2.05, 4.69) is 5.32 Å². The van der Waals surface area contributed by atoms with Crippen LogP contribution in [-0.4, -0.2) is 31.3 Å². The first-order valence-electron chi connectivity index (χ1n) is 7.85. The van der Waals surface area contributed by atoms with Crippen molar-refractivity contribution in [3.8, 4) is 11.5 Å². The molecule has 0 aromatic heterocycles. The summed E-state index contributed by atoms with van der Waals surface area (Å²) in [5.41, 5.74) is 3.38. The Balaban J connectivity index is 2.11. The van der Waals surface area contributed by atoms with Crippen molar-refractivity contribution in [1.29, 1.82) is 0 Å². The Morgan fingerprint density at radius 1 is 1.08 bits per heavy atom. The van der Waals surface area contributed by atoms with E-state index in [-0.39, 0.29) is 5.82 Å². The summed E-state index contributed by atoms with van der Waals surface area (Å²) in [6.07, 6.45) is 0. The number of hydrogen-bond donors (Lipinski definition) is 1. The van der Waals surface area contributed by atoms with Gasteiger partial charge in [0.25, 0.3) is 0 Å². The first-order chi connectivity index (χ1) is 11.8. The number of ether oxygens (including phenoxy) is 2. The molecule has 25 heavy (non-hydrogen) atoms. The van der Waals surface area contributed by atoms with Gasteiger partial charge < -0.3 is 19.7 Å². The van der Waals surface area contributed by atoms with Crippen molar-refractivity contribution in [2.24, 2.45) is 0 Å². The van der Waals surface area contributed by atoms with Crippen LogP contribution in [0.3, 0.4) is 0 Å². The van der Waals surface area contributed by atoms with Gasteiger partial charge in [0.2, 0.25) is 0 Å². The van der Waals surface area contributed by atoms with Crippen LogP contribution in [0.2, 0.25) is 0 Å². The van der Waals surface area contributed by atoms with Crippen molar-refractivity contribution in [2.45, 2.75) is 20.4 Å². The number of hydrogen-bond acceptors (Lipinski definition) is 3. The van der Waals surface area contributed by atoms with Crippen LogP contribution in [0.1, 0.15) is 16.7 Å². The normalized spacial score (nSPS) is 10.3. The molecule has 0 aliphatic heterocycles. The summed E-state index contributed by atoms with van der Waals surface area (Å²) >= 11 is 5.42. The van der Waals surface area contributed by atoms with Crippen molar-refractivity contribution in [2.75, 3.05) is 26.6 Å². The van der Waals surface area contributed by atoms with Gasteiger partial charge in [0.15, 0.2) is 16.6 Å². The highest BCUT2D eigenvalue weighted by Crippen LogP contribution is 2.30. The summed E-state index contributed by atoms with van der Waals surface area (Å²) < 4.78 is 24.3. The van der Waals surface area contributed by atoms with E-state index in [1.807, 2.05) is 31.0 Å². The molecule has 0 atom stereocenters. The van der Waals surface area contributed by atoms with E-state index in [0.717, 1.165) is 11.1 Å². The lowest BCUT2D eigenvalue weighted by Crippen LogP contribution is -2.30. The first-order valence-corrected chi connectivity index (χ1v) is 8.26. The molecule has 2 aromatic carbocycles. The number of anilines is 1. The number of nitrogens with one attached hydrogen (secondary N) is 1. The van der Waals surface area contributed by atoms with Gasteiger partial charge >= 0.3 is 0 Å². The highest BCUT2D eigenvalue weighted by atomic mass is 32.1. The van der Waals surface area contributed by atoms with Gasteiger partial charge in [-0.05, 0) is 67.0 Å². The highest BCUT2D eigenvalue weighted by molar-refractivity contribution is 7.80. The summed E-state index contributed by atoms with van der Waals surface area (Å²) in [4.78, 5) is 1.89. The molecule has 0 saturated carbocycles. The SMILES string of the molecule is COc1cc(C)c(CN(C)C(=S)Nc2ccc(C)c(F)c2)cc1OC. The third-order valence-electron chi connectivity index (χ3n) is 4.02. The van der Waals surface area contributed by atoms with Crippen LogP contribution in [0, 0.1) is 19.7 Å². The van der Waals surface area contributed by atoms with Crippen LogP contribution >= 0.6 is 12.2 Å². The van der Waals surface area contributed by atoms with Gasteiger partial charge in [0.05, 0.1) is 14.2 Å². The van der Waals surface area contributed by atoms with Crippen LogP contribution in [0.5, 0.6) is 11.5 Å². The van der Waals surface area contributed by atoms with Crippen LogP contribution in [0.25, 0.3) is 0 Å². The predicted octanol–water partition coefficient (Wildman–Crippen LogP) is 4.29. The minimum atomic E-state index is -0.258. The Morgan fingerprint density at radius 2 is 1.72 bits per heavy atom. The Labute approximate surface area is 153 Å². The third kappa shape index (κ3) is 4.60. The lowest BCUT2D eigenvalue weighted by Gasteiger charge is -2.23. The minimum Gasteiger partial charge on any atom is -0.493 e. The third-order valence-corrected chi connectivity index (χ3v) is 4.43. The molecule has 6 heteroatoms. The molecule has 4 nitrogen and oxygen atoms in total. The number of methoxy groups -OCH3 is 2. The van der Waals surface area contributed by atoms with E-state index in [1.54, 1.807) is 33.3 Å². The molecule has 2 rings (SSSR count). The lowest BCUT2D eigenvalue weighted by molar-refractivity contribution is 0.353. The fourth-order valence-corrected chi connectivity index (χ4v) is 2.59. The Bertz CT molecular complexity index is 780. The van der Waals surface area contributed by atoms with Gasteiger partial charge in [-0.1, -0.05) is 6.07 Å². The zero-order valence-electron chi connectivity index (χ0n) is 15.1. The molecule has 0 spiro atoms. The quantitative estimate of drug-likeness (QED) is 0.803.